The van der Waals surface area contributed by atoms with Gasteiger partial charge in [0.1, 0.15) is 18.5 Å². The number of carbonyl (C=O) groups excluding carboxylic acids is 1. The van der Waals surface area contributed by atoms with Gasteiger partial charge in [-0.1, -0.05) is 30.3 Å². The summed E-state index contributed by atoms with van der Waals surface area (Å²) in [5.74, 6) is -1.08. The smallest absolute Gasteiger partial charge is 0.318 e. The Hall–Kier alpha value is -4.01. The Balaban J connectivity index is 1.32. The molecule has 1 amide bonds. The quantitative estimate of drug-likeness (QED) is 0.258. The Morgan fingerprint density at radius 3 is 2.84 bits per heavy atom. The summed E-state index contributed by atoms with van der Waals surface area (Å²) in [5, 5.41) is 2.56. The molecular weight excluding hydrogens is 573 g/mol. The fraction of sp³-hybridized carbons (Fsp3) is 0.452. The second-order valence-electron chi connectivity index (χ2n) is 11.2. The summed E-state index contributed by atoms with van der Waals surface area (Å²) in [4.78, 5) is 35.8. The van der Waals surface area contributed by atoms with E-state index in [9.17, 15) is 9.18 Å². The van der Waals surface area contributed by atoms with Gasteiger partial charge < -0.3 is 29.0 Å². The predicted octanol–water partition coefficient (Wildman–Crippen LogP) is 4.61. The van der Waals surface area contributed by atoms with Crippen LogP contribution in [0.5, 0.6) is 6.01 Å². The summed E-state index contributed by atoms with van der Waals surface area (Å²) < 4.78 is 25.8. The zero-order valence-corrected chi connectivity index (χ0v) is 24.8. The van der Waals surface area contributed by atoms with Crippen LogP contribution >= 0.6 is 11.6 Å². The van der Waals surface area contributed by atoms with Crippen LogP contribution in [0.2, 0.25) is 5.02 Å². The first-order chi connectivity index (χ1) is 20.8. The fourth-order valence-corrected chi connectivity index (χ4v) is 6.11. The van der Waals surface area contributed by atoms with Gasteiger partial charge in [-0.2, -0.15) is 9.97 Å². The normalized spacial score (nSPS) is 19.1. The van der Waals surface area contributed by atoms with Crippen LogP contribution in [0.25, 0.3) is 15.6 Å². The fourth-order valence-electron chi connectivity index (χ4n) is 5.83. The van der Waals surface area contributed by atoms with Crippen LogP contribution in [0.3, 0.4) is 0 Å². The van der Waals surface area contributed by atoms with Crippen LogP contribution < -0.4 is 14.5 Å². The summed E-state index contributed by atoms with van der Waals surface area (Å²) in [7, 11) is 0. The third kappa shape index (κ3) is 6.21. The van der Waals surface area contributed by atoms with Gasteiger partial charge >= 0.3 is 6.01 Å². The second-order valence-corrected chi connectivity index (χ2v) is 11.6. The van der Waals surface area contributed by atoms with Gasteiger partial charge in [-0.05, 0) is 32.3 Å². The van der Waals surface area contributed by atoms with Crippen LogP contribution in [0.1, 0.15) is 31.0 Å². The largest absolute Gasteiger partial charge is 0.461 e. The zero-order chi connectivity index (χ0) is 30.1. The molecule has 2 fully saturated rings. The molecule has 3 aliphatic rings. The van der Waals surface area contributed by atoms with E-state index in [0.717, 1.165) is 40.6 Å². The lowest BCUT2D eigenvalue weighted by molar-refractivity contribution is -0.131. The average Bonchev–Trinajstić information content (AvgIpc) is 3.83. The van der Waals surface area contributed by atoms with Crippen molar-refractivity contribution in [3.05, 3.63) is 70.7 Å². The van der Waals surface area contributed by atoms with Crippen molar-refractivity contribution in [2.24, 2.45) is 0 Å². The van der Waals surface area contributed by atoms with Crippen molar-refractivity contribution >= 4 is 39.8 Å². The second kappa shape index (κ2) is 12.3. The Labute approximate surface area is 254 Å². The Morgan fingerprint density at radius 2 is 2.07 bits per heavy atom. The molecule has 0 spiro atoms. The van der Waals surface area contributed by atoms with E-state index in [2.05, 4.69) is 26.2 Å². The molecule has 2 atom stereocenters. The molecule has 4 heterocycles. The minimum Gasteiger partial charge on any atom is -0.461 e. The van der Waals surface area contributed by atoms with Crippen LogP contribution in [-0.2, 0) is 22.5 Å². The maximum absolute atomic E-state index is 13.8. The third-order valence-corrected chi connectivity index (χ3v) is 8.36. The number of hydrogen-bond acceptors (Lipinski definition) is 8. The van der Waals surface area contributed by atoms with Gasteiger partial charge in [0.05, 0.1) is 41.4 Å². The highest BCUT2D eigenvalue weighted by Crippen LogP contribution is 2.37. The zero-order valence-electron chi connectivity index (χ0n) is 24.0. The van der Waals surface area contributed by atoms with Gasteiger partial charge in [-0.15, -0.1) is 0 Å². The molecule has 6 rings (SSSR count). The van der Waals surface area contributed by atoms with Crippen molar-refractivity contribution in [1.29, 1.82) is 0 Å². The lowest BCUT2D eigenvalue weighted by Crippen LogP contribution is -2.57. The summed E-state index contributed by atoms with van der Waals surface area (Å²) >= 11 is 6.64. The lowest BCUT2D eigenvalue weighted by Gasteiger charge is -2.41. The van der Waals surface area contributed by atoms with Gasteiger partial charge in [-0.25, -0.2) is 11.0 Å². The highest BCUT2D eigenvalue weighted by Gasteiger charge is 2.36. The first kappa shape index (κ1) is 29.1. The molecule has 0 radical (unpaired) electrons. The number of fused-ring (bicyclic) bond motifs is 2. The standard InChI is InChI=1S/C31H33ClFN7O3/c1-19(43-23-7-8-23)18-42-31-36-26-17-38(27-15-35-13-21-5-4-6-25(32)28(21)27)10-9-24(26)29(37-31)39-11-12-40(30(41)20(2)33)22(16-39)14-34-3/h4-6,13,15,19,22-23H,2,7-12,14,16-18H2,1H3/t19-,22-/m0/s1. The SMILES string of the molecule is [C-]#[N+]C[C@H]1CN(c2nc(OC[C@H](C)OC3CC3)nc3c2CCN(c2cncc4cccc(Cl)c24)C3)CCN1C(=O)C(=C)F. The molecule has 1 aliphatic carbocycles. The number of carbonyl (C=O) groups is 1. The maximum atomic E-state index is 13.8. The minimum atomic E-state index is -1.02. The van der Waals surface area contributed by atoms with E-state index in [1.807, 2.05) is 37.5 Å². The number of pyridine rings is 1. The average molecular weight is 606 g/mol. The van der Waals surface area contributed by atoms with Gasteiger partial charge in [0.2, 0.25) is 6.54 Å². The molecule has 1 saturated heterocycles. The Morgan fingerprint density at radius 1 is 1.23 bits per heavy atom. The number of anilines is 2. The number of benzene rings is 1. The van der Waals surface area contributed by atoms with Gasteiger partial charge in [0, 0.05) is 48.7 Å². The molecule has 2 aliphatic heterocycles. The van der Waals surface area contributed by atoms with Crippen LogP contribution in [0, 0.1) is 6.57 Å². The molecular formula is C31H33ClFN7O3. The minimum absolute atomic E-state index is 0.0464. The molecule has 0 N–H and O–H groups in total. The molecule has 0 unspecified atom stereocenters. The van der Waals surface area contributed by atoms with Gasteiger partial charge in [-0.3, -0.25) is 9.78 Å². The number of nitrogens with zero attached hydrogens (tertiary/aromatic N) is 7. The number of hydrogen-bond donors (Lipinski definition) is 0. The summed E-state index contributed by atoms with van der Waals surface area (Å²) in [6.07, 6.45) is 6.63. The maximum Gasteiger partial charge on any atom is 0.318 e. The molecule has 3 aromatic rings. The lowest BCUT2D eigenvalue weighted by atomic mass is 10.0. The first-order valence-corrected chi connectivity index (χ1v) is 14.9. The van der Waals surface area contributed by atoms with Crippen LogP contribution in [-0.4, -0.2) is 83.3 Å². The molecule has 43 heavy (non-hydrogen) atoms. The Kier molecular flexibility index (Phi) is 8.32. The molecule has 224 valence electrons. The molecule has 10 nitrogen and oxygen atoms in total. The van der Waals surface area contributed by atoms with Crippen LogP contribution in [0.15, 0.2) is 43.0 Å². The number of rotatable bonds is 9. The molecule has 2 aromatic heterocycles. The van der Waals surface area contributed by atoms with E-state index >= 15 is 0 Å². The summed E-state index contributed by atoms with van der Waals surface area (Å²) in [5.41, 5.74) is 2.74. The Bertz CT molecular complexity index is 1590. The number of ether oxygens (including phenoxy) is 2. The van der Waals surface area contributed by atoms with E-state index in [0.29, 0.717) is 56.2 Å². The monoisotopic (exact) mass is 605 g/mol. The van der Waals surface area contributed by atoms with Gasteiger partial charge in [0.15, 0.2) is 5.83 Å². The van der Waals surface area contributed by atoms with Crippen molar-refractivity contribution in [2.45, 2.75) is 51.0 Å². The van der Waals surface area contributed by atoms with Crippen molar-refractivity contribution in [3.8, 4) is 6.01 Å². The van der Waals surface area contributed by atoms with E-state index < -0.39 is 17.8 Å². The third-order valence-electron chi connectivity index (χ3n) is 8.05. The first-order valence-electron chi connectivity index (χ1n) is 14.5. The highest BCUT2D eigenvalue weighted by molar-refractivity contribution is 6.36. The topological polar surface area (TPSA) is 88.3 Å². The van der Waals surface area contributed by atoms with Crippen molar-refractivity contribution in [2.75, 3.05) is 49.1 Å². The van der Waals surface area contributed by atoms with E-state index in [4.69, 9.17) is 37.6 Å². The van der Waals surface area contributed by atoms with E-state index in [1.54, 1.807) is 0 Å². The molecule has 0 bridgehead atoms. The summed E-state index contributed by atoms with van der Waals surface area (Å²) in [6, 6.07) is 5.53. The number of halogens is 2. The van der Waals surface area contributed by atoms with Crippen LogP contribution in [0.4, 0.5) is 15.9 Å². The highest BCUT2D eigenvalue weighted by atomic mass is 35.5. The van der Waals surface area contributed by atoms with Crippen molar-refractivity contribution < 1.29 is 18.7 Å². The molecule has 12 heteroatoms. The molecule has 1 aromatic carbocycles. The number of amides is 1. The number of piperazine rings is 1. The van der Waals surface area contributed by atoms with E-state index in [-0.39, 0.29) is 25.2 Å². The molecule has 1 saturated carbocycles. The van der Waals surface area contributed by atoms with Gasteiger partial charge in [0.25, 0.3) is 5.91 Å². The van der Waals surface area contributed by atoms with E-state index in [1.165, 1.54) is 4.90 Å². The van der Waals surface area contributed by atoms with Crippen molar-refractivity contribution in [1.82, 2.24) is 19.9 Å². The predicted molar refractivity (Wildman–Crippen MR) is 162 cm³/mol. The summed E-state index contributed by atoms with van der Waals surface area (Å²) in [6.45, 7) is 15.1. The number of aromatic nitrogens is 3. The van der Waals surface area contributed by atoms with Crippen molar-refractivity contribution in [3.63, 3.8) is 0 Å².